The molecule has 6 aromatic carbocycles. The number of hydrogen-bond donors (Lipinski definition) is 1. The summed E-state index contributed by atoms with van der Waals surface area (Å²) in [5.74, 6) is 1.14. The Morgan fingerprint density at radius 2 is 1.21 bits per heavy atom. The van der Waals surface area contributed by atoms with E-state index in [1.54, 1.807) is 13.4 Å². The number of ether oxygens (including phenoxy) is 4. The summed E-state index contributed by atoms with van der Waals surface area (Å²) in [5, 5.41) is 12.4. The number of benzene rings is 6. The topological polar surface area (TPSA) is 104 Å². The molecule has 10 nitrogen and oxygen atoms in total. The lowest BCUT2D eigenvalue weighted by Crippen LogP contribution is -2.31. The predicted molar refractivity (Wildman–Crippen MR) is 240 cm³/mol. The molecule has 312 valence electrons. The van der Waals surface area contributed by atoms with Crippen LogP contribution in [-0.4, -0.2) is 50.6 Å². The number of nitrogens with zero attached hydrogens (tertiary/aromatic N) is 5. The molecule has 1 aliphatic rings. The maximum atomic E-state index is 12.4. The van der Waals surface area contributed by atoms with Gasteiger partial charge in [0.05, 0.1) is 57.5 Å². The number of fused-ring (bicyclic) bond motifs is 1. The van der Waals surface area contributed by atoms with Crippen LogP contribution in [-0.2, 0) is 29.3 Å². The first-order valence-electron chi connectivity index (χ1n) is 21.0. The van der Waals surface area contributed by atoms with Crippen molar-refractivity contribution in [2.45, 2.75) is 50.5 Å². The average Bonchev–Trinajstić information content (AvgIpc) is 3.90. The predicted octanol–water partition coefficient (Wildman–Crippen LogP) is 10.1. The monoisotopic (exact) mass is 823 g/mol. The van der Waals surface area contributed by atoms with E-state index in [4.69, 9.17) is 33.9 Å². The van der Waals surface area contributed by atoms with E-state index in [9.17, 15) is 5.11 Å². The second kappa shape index (κ2) is 19.2. The first-order chi connectivity index (χ1) is 30.6. The highest BCUT2D eigenvalue weighted by Crippen LogP contribution is 2.43. The van der Waals surface area contributed by atoms with Crippen LogP contribution in [0, 0.1) is 5.92 Å². The van der Waals surface area contributed by atoms with Gasteiger partial charge < -0.3 is 28.6 Å². The normalized spacial score (nSPS) is 17.3. The van der Waals surface area contributed by atoms with E-state index in [1.165, 1.54) is 0 Å². The van der Waals surface area contributed by atoms with Gasteiger partial charge in [-0.25, -0.2) is 4.98 Å². The van der Waals surface area contributed by atoms with Crippen LogP contribution in [0.2, 0.25) is 0 Å². The third-order valence-corrected chi connectivity index (χ3v) is 11.5. The van der Waals surface area contributed by atoms with Gasteiger partial charge in [0.15, 0.2) is 11.2 Å². The van der Waals surface area contributed by atoms with E-state index in [1.807, 2.05) is 144 Å². The van der Waals surface area contributed by atoms with Crippen LogP contribution >= 0.6 is 0 Å². The van der Waals surface area contributed by atoms with Crippen LogP contribution in [0.3, 0.4) is 0 Å². The smallest absolute Gasteiger partial charge is 0.247 e. The quantitative estimate of drug-likeness (QED) is 0.0961. The third kappa shape index (κ3) is 9.08. The van der Waals surface area contributed by atoms with Crippen LogP contribution in [0.25, 0.3) is 11.2 Å². The minimum absolute atomic E-state index is 0.269. The van der Waals surface area contributed by atoms with Crippen molar-refractivity contribution in [3.8, 4) is 11.6 Å². The molecule has 0 saturated heterocycles. The zero-order chi connectivity index (χ0) is 42.1. The van der Waals surface area contributed by atoms with Crippen molar-refractivity contribution in [1.29, 1.82) is 0 Å². The van der Waals surface area contributed by atoms with Gasteiger partial charge in [0, 0.05) is 11.6 Å². The number of aromatic nitrogens is 4. The van der Waals surface area contributed by atoms with E-state index < -0.39 is 12.1 Å². The molecule has 9 rings (SSSR count). The Balaban J connectivity index is 1.15. The molecule has 1 saturated carbocycles. The first-order valence-corrected chi connectivity index (χ1v) is 21.0. The summed E-state index contributed by atoms with van der Waals surface area (Å²) < 4.78 is 27.1. The lowest BCUT2D eigenvalue weighted by atomic mass is 9.96. The zero-order valence-corrected chi connectivity index (χ0v) is 34.6. The number of rotatable bonds is 17. The van der Waals surface area contributed by atoms with Crippen molar-refractivity contribution in [2.75, 3.05) is 18.6 Å². The highest BCUT2D eigenvalue weighted by Gasteiger charge is 2.45. The molecular formula is C52H49N5O5. The first kappa shape index (κ1) is 40.6. The van der Waals surface area contributed by atoms with Gasteiger partial charge in [-0.15, -0.1) is 0 Å². The number of hydrogen-bond acceptors (Lipinski definition) is 9. The fourth-order valence-electron chi connectivity index (χ4n) is 8.34. The molecule has 0 spiro atoms. The zero-order valence-electron chi connectivity index (χ0n) is 34.6. The fraction of sp³-hybridized carbons (Fsp3) is 0.212. The molecule has 1 aliphatic carbocycles. The fourth-order valence-corrected chi connectivity index (χ4v) is 8.34. The third-order valence-electron chi connectivity index (χ3n) is 11.5. The van der Waals surface area contributed by atoms with Gasteiger partial charge in [-0.05, 0) is 58.5 Å². The molecule has 0 unspecified atom stereocenters. The van der Waals surface area contributed by atoms with Gasteiger partial charge in [0.25, 0.3) is 0 Å². The van der Waals surface area contributed by atoms with Crippen LogP contribution in [0.4, 0.5) is 11.6 Å². The number of methoxy groups -OCH3 is 1. The SMILES string of the molecule is COc1ccc(N(c2nc(OCc3ccccc3)c3ncn([C@H]4C[C@H](OCc5ccccc5)[C@@H](COCc5ccccc5)[C@@H]4O)c3n2)C(c2ccccc2)c2ccccc2)cc1. The van der Waals surface area contributed by atoms with Gasteiger partial charge in [0.1, 0.15) is 12.4 Å². The molecule has 4 atom stereocenters. The van der Waals surface area contributed by atoms with Gasteiger partial charge in [0.2, 0.25) is 11.8 Å². The summed E-state index contributed by atoms with van der Waals surface area (Å²) in [4.78, 5) is 17.6. The molecule has 1 fully saturated rings. The lowest BCUT2D eigenvalue weighted by Gasteiger charge is -2.33. The van der Waals surface area contributed by atoms with E-state index in [0.717, 1.165) is 39.3 Å². The number of imidazole rings is 1. The van der Waals surface area contributed by atoms with Gasteiger partial charge >= 0.3 is 0 Å². The molecule has 2 aromatic heterocycles. The van der Waals surface area contributed by atoms with Crippen LogP contribution in [0.5, 0.6) is 11.6 Å². The molecule has 1 N–H and O–H groups in total. The summed E-state index contributed by atoms with van der Waals surface area (Å²) in [5.41, 5.74) is 7.07. The highest BCUT2D eigenvalue weighted by molar-refractivity contribution is 5.79. The van der Waals surface area contributed by atoms with Crippen molar-refractivity contribution in [1.82, 2.24) is 19.5 Å². The van der Waals surface area contributed by atoms with Crippen molar-refractivity contribution >= 4 is 22.8 Å². The number of aliphatic hydroxyl groups is 1. The number of anilines is 2. The van der Waals surface area contributed by atoms with E-state index in [-0.39, 0.29) is 24.7 Å². The molecule has 0 amide bonds. The van der Waals surface area contributed by atoms with Crippen molar-refractivity contribution in [3.63, 3.8) is 0 Å². The standard InChI is InChI=1S/C52H49N5O5/c1-59-43-29-27-42(28-30-43)57(48(40-23-13-5-14-24-40)41-25-15-6-16-26-41)52-54-50-47(51(55-52)62-34-39-21-11-4-12-22-39)53-36-56(50)45-31-46(61-33-38-19-9-3-10-20-38)44(49(45)58)35-60-32-37-17-7-2-8-18-37/h2-30,36,44-46,48-49,58H,31-35H2,1H3/t44-,45+,46+,49+/m1/s1. The molecule has 62 heavy (non-hydrogen) atoms. The van der Waals surface area contributed by atoms with Crippen molar-refractivity contribution < 1.29 is 24.1 Å². The van der Waals surface area contributed by atoms with Crippen LogP contribution in [0.1, 0.15) is 46.3 Å². The summed E-state index contributed by atoms with van der Waals surface area (Å²) in [6.07, 6.45) is 1.11. The molecule has 0 radical (unpaired) electrons. The minimum Gasteiger partial charge on any atom is -0.497 e. The molecule has 0 bridgehead atoms. The Morgan fingerprint density at radius 1 is 0.661 bits per heavy atom. The van der Waals surface area contributed by atoms with E-state index >= 15 is 0 Å². The Labute approximate surface area is 362 Å². The summed E-state index contributed by atoms with van der Waals surface area (Å²) >= 11 is 0. The van der Waals surface area contributed by atoms with Crippen LogP contribution < -0.4 is 14.4 Å². The largest absolute Gasteiger partial charge is 0.497 e. The molecule has 8 aromatic rings. The van der Waals surface area contributed by atoms with Crippen molar-refractivity contribution in [3.05, 3.63) is 210 Å². The average molecular weight is 824 g/mol. The maximum Gasteiger partial charge on any atom is 0.247 e. The Bertz CT molecular complexity index is 2580. The van der Waals surface area contributed by atoms with Crippen molar-refractivity contribution in [2.24, 2.45) is 5.92 Å². The van der Waals surface area contributed by atoms with Gasteiger partial charge in [-0.1, -0.05) is 152 Å². The summed E-state index contributed by atoms with van der Waals surface area (Å²) in [6, 6.07) is 58.0. The van der Waals surface area contributed by atoms with Crippen LogP contribution in [0.15, 0.2) is 182 Å². The molecule has 0 aliphatic heterocycles. The Morgan fingerprint density at radius 3 is 1.79 bits per heavy atom. The molecule has 2 heterocycles. The minimum atomic E-state index is -0.838. The van der Waals surface area contributed by atoms with E-state index in [0.29, 0.717) is 49.2 Å². The Kier molecular flexibility index (Phi) is 12.6. The summed E-state index contributed by atoms with van der Waals surface area (Å²) in [6.45, 7) is 1.42. The molecule has 10 heteroatoms. The highest BCUT2D eigenvalue weighted by atomic mass is 16.5. The lowest BCUT2D eigenvalue weighted by molar-refractivity contribution is -0.0475. The van der Waals surface area contributed by atoms with Gasteiger partial charge in [-0.2, -0.15) is 9.97 Å². The van der Waals surface area contributed by atoms with E-state index in [2.05, 4.69) is 41.3 Å². The molecular weight excluding hydrogens is 775 g/mol. The second-order valence-corrected chi connectivity index (χ2v) is 15.5. The van der Waals surface area contributed by atoms with Gasteiger partial charge in [-0.3, -0.25) is 4.90 Å². The Hall–Kier alpha value is -6.85. The maximum absolute atomic E-state index is 12.4. The number of aliphatic hydroxyl groups excluding tert-OH is 1. The second-order valence-electron chi connectivity index (χ2n) is 15.5. The summed E-state index contributed by atoms with van der Waals surface area (Å²) in [7, 11) is 1.66.